The molecule has 0 N–H and O–H groups in total. The van der Waals surface area contributed by atoms with Crippen LogP contribution >= 0.6 is 34.8 Å². The Bertz CT molecular complexity index is 1440. The van der Waals surface area contributed by atoms with Crippen molar-refractivity contribution in [1.29, 1.82) is 0 Å². The molecule has 0 atom stereocenters. The molecule has 3 heterocycles. The van der Waals surface area contributed by atoms with Gasteiger partial charge in [0.1, 0.15) is 10.8 Å². The van der Waals surface area contributed by atoms with E-state index >= 15 is 0 Å². The van der Waals surface area contributed by atoms with Gasteiger partial charge in [-0.1, -0.05) is 53.0 Å². The molecule has 0 saturated carbocycles. The lowest BCUT2D eigenvalue weighted by atomic mass is 10.0. The van der Waals surface area contributed by atoms with Crippen LogP contribution in [0.2, 0.25) is 15.2 Å². The third-order valence-electron chi connectivity index (χ3n) is 6.86. The van der Waals surface area contributed by atoms with Gasteiger partial charge in [-0.3, -0.25) is 4.79 Å². The van der Waals surface area contributed by atoms with Crippen molar-refractivity contribution >= 4 is 46.8 Å². The maximum atomic E-state index is 13.4. The van der Waals surface area contributed by atoms with Crippen molar-refractivity contribution in [2.24, 2.45) is 0 Å². The van der Waals surface area contributed by atoms with Gasteiger partial charge < -0.3 is 19.3 Å². The van der Waals surface area contributed by atoms with E-state index in [-0.39, 0.29) is 23.6 Å². The number of carbonyl (C=O) groups is 2. The number of aromatic nitrogens is 2. The molecule has 11 heteroatoms. The molecule has 41 heavy (non-hydrogen) atoms. The molecule has 0 aliphatic carbocycles. The lowest BCUT2D eigenvalue weighted by Gasteiger charge is -2.39. The number of methoxy groups -OCH3 is 1. The van der Waals surface area contributed by atoms with Crippen LogP contribution in [0.25, 0.3) is 22.4 Å². The van der Waals surface area contributed by atoms with Gasteiger partial charge in [0.2, 0.25) is 11.8 Å². The summed E-state index contributed by atoms with van der Waals surface area (Å²) in [6.45, 7) is 8.46. The van der Waals surface area contributed by atoms with Crippen molar-refractivity contribution in [2.45, 2.75) is 58.7 Å². The summed E-state index contributed by atoms with van der Waals surface area (Å²) in [4.78, 5) is 37.5. The molecule has 0 spiro atoms. The van der Waals surface area contributed by atoms with Crippen LogP contribution in [-0.4, -0.2) is 63.6 Å². The lowest BCUT2D eigenvalue weighted by molar-refractivity contribution is -0.130. The minimum atomic E-state index is -0.661. The van der Waals surface area contributed by atoms with E-state index in [1.807, 2.05) is 51.1 Å². The number of hydrogen-bond donors (Lipinski definition) is 0. The number of hydrogen-bond acceptors (Lipinski definition) is 6. The fraction of sp³-hybridized carbons (Fsp3) is 0.400. The summed E-state index contributed by atoms with van der Waals surface area (Å²) in [6, 6.07) is 10.9. The average Bonchev–Trinajstić information content (AvgIpc) is 2.92. The maximum absolute atomic E-state index is 13.4. The van der Waals surface area contributed by atoms with Crippen LogP contribution < -0.4 is 4.74 Å². The predicted molar refractivity (Wildman–Crippen MR) is 162 cm³/mol. The molecule has 3 aromatic rings. The van der Waals surface area contributed by atoms with E-state index in [0.717, 1.165) is 0 Å². The van der Waals surface area contributed by atoms with Crippen molar-refractivity contribution in [3.05, 3.63) is 63.4 Å². The highest BCUT2D eigenvalue weighted by Crippen LogP contribution is 2.40. The molecule has 0 bridgehead atoms. The number of likely N-dealkylation sites (tertiary alicyclic amines) is 1. The summed E-state index contributed by atoms with van der Waals surface area (Å²) in [6.07, 6.45) is 2.45. The van der Waals surface area contributed by atoms with Crippen molar-refractivity contribution in [3.8, 4) is 28.3 Å². The topological polar surface area (TPSA) is 84.9 Å². The van der Waals surface area contributed by atoms with Crippen LogP contribution in [0.4, 0.5) is 4.79 Å². The molecular weight excluding hydrogens is 587 g/mol. The van der Waals surface area contributed by atoms with Gasteiger partial charge in [-0.25, -0.2) is 14.8 Å². The van der Waals surface area contributed by atoms with Gasteiger partial charge in [-0.15, -0.1) is 0 Å². The Morgan fingerprint density at radius 1 is 1.00 bits per heavy atom. The number of pyridine rings is 2. The normalized spacial score (nSPS) is 14.1. The molecular formula is C30H33Cl3N4O4. The fourth-order valence-corrected chi connectivity index (χ4v) is 5.52. The maximum Gasteiger partial charge on any atom is 0.410 e. The number of ether oxygens (including phenoxy) is 2. The van der Waals surface area contributed by atoms with E-state index in [2.05, 4.69) is 4.98 Å². The summed E-state index contributed by atoms with van der Waals surface area (Å²) in [5.41, 5.74) is 2.67. The zero-order chi connectivity index (χ0) is 29.9. The standard InChI is InChI=1S/C30H33Cl3N4O4/c1-18(38)36-15-12-20(13-16-36)37(29(39)41-30(2,3)4)17-19-9-10-24(35-28(19)40-5)23-8-6-7-21(25(23)31)22-11-14-34-27(33)26(22)32/h6-11,14,20H,12-13,15-17H2,1-5H3. The molecule has 1 fully saturated rings. The monoisotopic (exact) mass is 618 g/mol. The first-order chi connectivity index (χ1) is 19.4. The number of carbonyl (C=O) groups excluding carboxylic acids is 2. The second-order valence-corrected chi connectivity index (χ2v) is 12.0. The van der Waals surface area contributed by atoms with Gasteiger partial charge in [0.15, 0.2) is 0 Å². The first-order valence-electron chi connectivity index (χ1n) is 13.3. The smallest absolute Gasteiger partial charge is 0.410 e. The van der Waals surface area contributed by atoms with Crippen molar-refractivity contribution in [1.82, 2.24) is 19.8 Å². The van der Waals surface area contributed by atoms with Crippen LogP contribution in [-0.2, 0) is 16.1 Å². The highest BCUT2D eigenvalue weighted by molar-refractivity contribution is 6.43. The van der Waals surface area contributed by atoms with E-state index in [0.29, 0.717) is 69.8 Å². The van der Waals surface area contributed by atoms with E-state index in [1.165, 1.54) is 7.11 Å². The van der Waals surface area contributed by atoms with Gasteiger partial charge in [0.25, 0.3) is 0 Å². The third-order valence-corrected chi connectivity index (χ3v) is 8.04. The largest absolute Gasteiger partial charge is 0.481 e. The number of benzene rings is 1. The summed E-state index contributed by atoms with van der Waals surface area (Å²) >= 11 is 19.4. The van der Waals surface area contributed by atoms with Crippen LogP contribution in [0.3, 0.4) is 0 Å². The molecule has 218 valence electrons. The van der Waals surface area contributed by atoms with Crippen molar-refractivity contribution < 1.29 is 19.1 Å². The van der Waals surface area contributed by atoms with E-state index in [9.17, 15) is 9.59 Å². The minimum absolute atomic E-state index is 0.0331. The minimum Gasteiger partial charge on any atom is -0.481 e. The van der Waals surface area contributed by atoms with Gasteiger partial charge >= 0.3 is 6.09 Å². The highest BCUT2D eigenvalue weighted by atomic mass is 35.5. The lowest BCUT2D eigenvalue weighted by Crippen LogP contribution is -2.49. The van der Waals surface area contributed by atoms with Crippen molar-refractivity contribution in [2.75, 3.05) is 20.2 Å². The number of piperidine rings is 1. The summed E-state index contributed by atoms with van der Waals surface area (Å²) in [7, 11) is 1.54. The SMILES string of the molecule is COc1nc(-c2cccc(-c3ccnc(Cl)c3Cl)c2Cl)ccc1CN(C(=O)OC(C)(C)C)C1CCN(C(C)=O)CC1. The molecule has 1 aromatic carbocycles. The number of halogens is 3. The third kappa shape index (κ3) is 7.23. The number of rotatable bonds is 6. The first kappa shape index (κ1) is 30.9. The van der Waals surface area contributed by atoms with Crippen LogP contribution in [0.15, 0.2) is 42.6 Å². The van der Waals surface area contributed by atoms with Gasteiger partial charge in [-0.2, -0.15) is 0 Å². The van der Waals surface area contributed by atoms with Crippen LogP contribution in [0.5, 0.6) is 5.88 Å². The zero-order valence-corrected chi connectivity index (χ0v) is 26.0. The molecule has 2 amide bonds. The van der Waals surface area contributed by atoms with Crippen molar-refractivity contribution in [3.63, 3.8) is 0 Å². The van der Waals surface area contributed by atoms with Crippen LogP contribution in [0.1, 0.15) is 46.1 Å². The van der Waals surface area contributed by atoms with Gasteiger partial charge in [0, 0.05) is 54.5 Å². The predicted octanol–water partition coefficient (Wildman–Crippen LogP) is 7.53. The average molecular weight is 620 g/mol. The zero-order valence-electron chi connectivity index (χ0n) is 23.7. The summed E-state index contributed by atoms with van der Waals surface area (Å²) in [5.74, 6) is 0.398. The van der Waals surface area contributed by atoms with Gasteiger partial charge in [-0.05, 0) is 51.8 Å². The molecule has 8 nitrogen and oxygen atoms in total. The molecule has 1 saturated heterocycles. The molecule has 4 rings (SSSR count). The Hall–Kier alpha value is -3.07. The van der Waals surface area contributed by atoms with Crippen LogP contribution in [0, 0.1) is 0 Å². The molecule has 1 aliphatic rings. The Kier molecular flexibility index (Phi) is 9.67. The molecule has 0 radical (unpaired) electrons. The summed E-state index contributed by atoms with van der Waals surface area (Å²) in [5, 5.41) is 0.952. The highest BCUT2D eigenvalue weighted by Gasteiger charge is 2.32. The first-order valence-corrected chi connectivity index (χ1v) is 14.4. The Balaban J connectivity index is 1.66. The second kappa shape index (κ2) is 12.8. The summed E-state index contributed by atoms with van der Waals surface area (Å²) < 4.78 is 11.4. The molecule has 1 aliphatic heterocycles. The molecule has 2 aromatic heterocycles. The fourth-order valence-electron chi connectivity index (χ4n) is 4.82. The quantitative estimate of drug-likeness (QED) is 0.265. The Labute approximate surface area is 255 Å². The Morgan fingerprint density at radius 3 is 2.29 bits per heavy atom. The van der Waals surface area contributed by atoms with E-state index in [1.54, 1.807) is 29.0 Å². The number of amides is 2. The van der Waals surface area contributed by atoms with E-state index in [4.69, 9.17) is 49.3 Å². The van der Waals surface area contributed by atoms with Gasteiger partial charge in [0.05, 0.1) is 29.4 Å². The molecule has 0 unspecified atom stereocenters. The van der Waals surface area contributed by atoms with E-state index < -0.39 is 11.7 Å². The second-order valence-electron chi connectivity index (χ2n) is 10.8. The number of nitrogens with zero attached hydrogens (tertiary/aromatic N) is 4. The Morgan fingerprint density at radius 2 is 1.66 bits per heavy atom.